The topological polar surface area (TPSA) is 20.2 Å². The summed E-state index contributed by atoms with van der Waals surface area (Å²) >= 11 is 5.85. The molecule has 0 saturated heterocycles. The van der Waals surface area contributed by atoms with Gasteiger partial charge in [-0.2, -0.15) is 0 Å². The average Bonchev–Trinajstić information content (AvgIpc) is 2.08. The Balaban J connectivity index is 2.96. The fourth-order valence-electron chi connectivity index (χ4n) is 1.11. The molecular formula is C10H13ClO. The Hall–Kier alpha value is -0.530. The maximum atomic E-state index is 9.50. The molecule has 0 aliphatic rings. The molecule has 0 spiro atoms. The van der Waals surface area contributed by atoms with Crippen molar-refractivity contribution in [2.24, 2.45) is 0 Å². The highest BCUT2D eigenvalue weighted by molar-refractivity contribution is 6.31. The predicted molar refractivity (Wildman–Crippen MR) is 51.4 cm³/mol. The van der Waals surface area contributed by atoms with Crippen LogP contribution in [0.2, 0.25) is 5.02 Å². The van der Waals surface area contributed by atoms with E-state index in [1.807, 2.05) is 32.0 Å². The molecule has 0 bridgehead atoms. The molecule has 0 aliphatic carbocycles. The summed E-state index contributed by atoms with van der Waals surface area (Å²) in [4.78, 5) is 0. The van der Waals surface area contributed by atoms with Crippen molar-refractivity contribution in [1.29, 1.82) is 0 Å². The molecule has 1 aromatic rings. The third kappa shape index (κ3) is 1.99. The fourth-order valence-corrected chi connectivity index (χ4v) is 1.23. The van der Waals surface area contributed by atoms with E-state index in [0.717, 1.165) is 22.6 Å². The van der Waals surface area contributed by atoms with Crippen molar-refractivity contribution in [2.45, 2.75) is 26.4 Å². The number of aliphatic hydroxyl groups excluding tert-OH is 1. The van der Waals surface area contributed by atoms with Gasteiger partial charge in [0, 0.05) is 5.02 Å². The minimum Gasteiger partial charge on any atom is -0.388 e. The zero-order valence-corrected chi connectivity index (χ0v) is 8.10. The second-order valence-electron chi connectivity index (χ2n) is 2.93. The molecule has 0 aromatic heterocycles. The van der Waals surface area contributed by atoms with E-state index in [1.54, 1.807) is 0 Å². The van der Waals surface area contributed by atoms with E-state index in [2.05, 4.69) is 0 Å². The van der Waals surface area contributed by atoms with Crippen molar-refractivity contribution < 1.29 is 5.11 Å². The van der Waals surface area contributed by atoms with Gasteiger partial charge >= 0.3 is 0 Å². The molecular weight excluding hydrogens is 172 g/mol. The molecule has 0 saturated carbocycles. The van der Waals surface area contributed by atoms with Crippen LogP contribution >= 0.6 is 11.6 Å². The van der Waals surface area contributed by atoms with Crippen LogP contribution in [0, 0.1) is 6.92 Å². The Morgan fingerprint density at radius 1 is 1.50 bits per heavy atom. The number of hydrogen-bond donors (Lipinski definition) is 1. The van der Waals surface area contributed by atoms with Crippen LogP contribution in [0.4, 0.5) is 0 Å². The number of aryl methyl sites for hydroxylation is 1. The zero-order valence-electron chi connectivity index (χ0n) is 7.34. The first-order valence-corrected chi connectivity index (χ1v) is 4.47. The van der Waals surface area contributed by atoms with Gasteiger partial charge in [0.1, 0.15) is 0 Å². The van der Waals surface area contributed by atoms with Crippen LogP contribution < -0.4 is 0 Å². The average molecular weight is 185 g/mol. The van der Waals surface area contributed by atoms with E-state index in [1.165, 1.54) is 0 Å². The minimum absolute atomic E-state index is 0.360. The molecule has 12 heavy (non-hydrogen) atoms. The molecule has 0 amide bonds. The van der Waals surface area contributed by atoms with Crippen LogP contribution in [0.5, 0.6) is 0 Å². The third-order valence-electron chi connectivity index (χ3n) is 1.95. The van der Waals surface area contributed by atoms with Gasteiger partial charge < -0.3 is 5.11 Å². The zero-order chi connectivity index (χ0) is 9.14. The van der Waals surface area contributed by atoms with Crippen molar-refractivity contribution in [1.82, 2.24) is 0 Å². The van der Waals surface area contributed by atoms with Gasteiger partial charge in [0.05, 0.1) is 6.10 Å². The number of hydrogen-bond acceptors (Lipinski definition) is 1. The van der Waals surface area contributed by atoms with Crippen molar-refractivity contribution >= 4 is 11.6 Å². The Morgan fingerprint density at radius 3 is 2.67 bits per heavy atom. The number of benzene rings is 1. The third-order valence-corrected chi connectivity index (χ3v) is 2.38. The molecule has 66 valence electrons. The standard InChI is InChI=1S/C10H13ClO/c1-3-10(12)8-4-5-9(11)7(2)6-8/h4-6,10,12H,3H2,1-2H3/t10-/m1/s1. The van der Waals surface area contributed by atoms with Gasteiger partial charge in [0.15, 0.2) is 0 Å². The van der Waals surface area contributed by atoms with Crippen molar-refractivity contribution in [3.63, 3.8) is 0 Å². The molecule has 1 rings (SSSR count). The number of aliphatic hydroxyl groups is 1. The largest absolute Gasteiger partial charge is 0.388 e. The van der Waals surface area contributed by atoms with Gasteiger partial charge in [-0.05, 0) is 30.5 Å². The van der Waals surface area contributed by atoms with E-state index >= 15 is 0 Å². The lowest BCUT2D eigenvalue weighted by atomic mass is 10.1. The van der Waals surface area contributed by atoms with E-state index in [-0.39, 0.29) is 6.10 Å². The Kier molecular flexibility index (Phi) is 3.12. The van der Waals surface area contributed by atoms with Gasteiger partial charge in [0.25, 0.3) is 0 Å². The summed E-state index contributed by atoms with van der Waals surface area (Å²) in [5.41, 5.74) is 1.96. The number of halogens is 1. The Labute approximate surface area is 78.0 Å². The normalized spacial score (nSPS) is 13.0. The summed E-state index contributed by atoms with van der Waals surface area (Å²) < 4.78 is 0. The van der Waals surface area contributed by atoms with Crippen LogP contribution in [-0.4, -0.2) is 5.11 Å². The second kappa shape index (κ2) is 3.92. The number of rotatable bonds is 2. The Bertz CT molecular complexity index is 271. The second-order valence-corrected chi connectivity index (χ2v) is 3.34. The van der Waals surface area contributed by atoms with Crippen LogP contribution in [0.25, 0.3) is 0 Å². The molecule has 1 atom stereocenters. The van der Waals surface area contributed by atoms with Crippen LogP contribution in [0.15, 0.2) is 18.2 Å². The van der Waals surface area contributed by atoms with Crippen molar-refractivity contribution in [3.05, 3.63) is 34.3 Å². The van der Waals surface area contributed by atoms with E-state index in [9.17, 15) is 5.11 Å². The minimum atomic E-state index is -0.360. The first-order valence-electron chi connectivity index (χ1n) is 4.09. The molecule has 0 radical (unpaired) electrons. The van der Waals surface area contributed by atoms with Crippen LogP contribution in [0.1, 0.15) is 30.6 Å². The van der Waals surface area contributed by atoms with Gasteiger partial charge in [0.2, 0.25) is 0 Å². The summed E-state index contributed by atoms with van der Waals surface area (Å²) in [6, 6.07) is 5.62. The summed E-state index contributed by atoms with van der Waals surface area (Å²) in [6.07, 6.45) is 0.377. The Morgan fingerprint density at radius 2 is 2.17 bits per heavy atom. The van der Waals surface area contributed by atoms with Crippen molar-refractivity contribution in [3.8, 4) is 0 Å². The SMILES string of the molecule is CC[C@@H](O)c1ccc(Cl)c(C)c1. The lowest BCUT2D eigenvalue weighted by molar-refractivity contribution is 0.173. The van der Waals surface area contributed by atoms with E-state index < -0.39 is 0 Å². The highest BCUT2D eigenvalue weighted by atomic mass is 35.5. The fraction of sp³-hybridized carbons (Fsp3) is 0.400. The quantitative estimate of drug-likeness (QED) is 0.749. The van der Waals surface area contributed by atoms with Crippen LogP contribution in [-0.2, 0) is 0 Å². The highest BCUT2D eigenvalue weighted by Crippen LogP contribution is 2.22. The molecule has 1 N–H and O–H groups in total. The highest BCUT2D eigenvalue weighted by Gasteiger charge is 2.05. The summed E-state index contributed by atoms with van der Waals surface area (Å²) in [7, 11) is 0. The summed E-state index contributed by atoms with van der Waals surface area (Å²) in [5.74, 6) is 0. The smallest absolute Gasteiger partial charge is 0.0787 e. The molecule has 0 unspecified atom stereocenters. The molecule has 2 heteroatoms. The van der Waals surface area contributed by atoms with E-state index in [4.69, 9.17) is 11.6 Å². The summed E-state index contributed by atoms with van der Waals surface area (Å²) in [5, 5.41) is 10.3. The van der Waals surface area contributed by atoms with Gasteiger partial charge in [-0.15, -0.1) is 0 Å². The van der Waals surface area contributed by atoms with Crippen LogP contribution in [0.3, 0.4) is 0 Å². The maximum absolute atomic E-state index is 9.50. The van der Waals surface area contributed by atoms with Gasteiger partial charge in [-0.1, -0.05) is 30.7 Å². The molecule has 0 aliphatic heterocycles. The van der Waals surface area contributed by atoms with E-state index in [0.29, 0.717) is 0 Å². The molecule has 1 nitrogen and oxygen atoms in total. The molecule has 0 fully saturated rings. The van der Waals surface area contributed by atoms with Gasteiger partial charge in [-0.25, -0.2) is 0 Å². The lowest BCUT2D eigenvalue weighted by Crippen LogP contribution is -1.95. The predicted octanol–water partition coefficient (Wildman–Crippen LogP) is 3.09. The lowest BCUT2D eigenvalue weighted by Gasteiger charge is -2.09. The first kappa shape index (κ1) is 9.56. The summed E-state index contributed by atoms with van der Waals surface area (Å²) in [6.45, 7) is 3.89. The van der Waals surface area contributed by atoms with Crippen molar-refractivity contribution in [2.75, 3.05) is 0 Å². The maximum Gasteiger partial charge on any atom is 0.0787 e. The monoisotopic (exact) mass is 184 g/mol. The first-order chi connectivity index (χ1) is 5.65. The molecule has 1 aromatic carbocycles. The molecule has 0 heterocycles. The van der Waals surface area contributed by atoms with Gasteiger partial charge in [-0.3, -0.25) is 0 Å².